The average Bonchev–Trinajstić information content (AvgIpc) is 2.21. The summed E-state index contributed by atoms with van der Waals surface area (Å²) >= 11 is 0. The number of methoxy groups -OCH3 is 1. The van der Waals surface area contributed by atoms with Gasteiger partial charge in [0.2, 0.25) is 0 Å². The molecule has 0 amide bonds. The molecule has 3 nitrogen and oxygen atoms in total. The minimum atomic E-state index is -0.944. The van der Waals surface area contributed by atoms with E-state index in [1.807, 2.05) is 31.2 Å². The topological polar surface area (TPSA) is 46.5 Å². The Morgan fingerprint density at radius 3 is 2.38 bits per heavy atom. The molecule has 1 aromatic rings. The Kier molecular flexibility index (Phi) is 3.70. The first-order chi connectivity index (χ1) is 7.41. The molecule has 1 N–H and O–H groups in total. The van der Waals surface area contributed by atoms with Crippen LogP contribution in [0.4, 0.5) is 0 Å². The van der Waals surface area contributed by atoms with Crippen LogP contribution in [0, 0.1) is 12.3 Å². The van der Waals surface area contributed by atoms with Crippen molar-refractivity contribution in [3.8, 4) is 0 Å². The van der Waals surface area contributed by atoms with Crippen LogP contribution in [-0.2, 0) is 9.53 Å². The highest BCUT2D eigenvalue weighted by molar-refractivity contribution is 5.74. The van der Waals surface area contributed by atoms with E-state index in [0.717, 1.165) is 11.1 Å². The number of aryl methyl sites for hydroxylation is 1. The Morgan fingerprint density at radius 1 is 1.38 bits per heavy atom. The zero-order valence-corrected chi connectivity index (χ0v) is 10.2. The molecule has 0 aliphatic rings. The molecule has 0 radical (unpaired) electrons. The number of rotatable bonds is 4. The van der Waals surface area contributed by atoms with E-state index in [4.69, 9.17) is 4.74 Å². The van der Waals surface area contributed by atoms with Gasteiger partial charge in [-0.1, -0.05) is 24.3 Å². The van der Waals surface area contributed by atoms with Crippen molar-refractivity contribution in [3.63, 3.8) is 0 Å². The number of ether oxygens (including phenoxy) is 1. The van der Waals surface area contributed by atoms with Crippen LogP contribution in [0.2, 0.25) is 0 Å². The quantitative estimate of drug-likeness (QED) is 0.852. The molecule has 0 saturated heterocycles. The van der Waals surface area contributed by atoms with E-state index < -0.39 is 17.5 Å². The molecule has 1 aromatic carbocycles. The third-order valence-electron chi connectivity index (χ3n) is 2.91. The van der Waals surface area contributed by atoms with E-state index >= 15 is 0 Å². The van der Waals surface area contributed by atoms with Crippen molar-refractivity contribution in [2.24, 2.45) is 5.41 Å². The maximum Gasteiger partial charge on any atom is 0.312 e. The van der Waals surface area contributed by atoms with Crippen LogP contribution in [0.5, 0.6) is 0 Å². The van der Waals surface area contributed by atoms with E-state index in [2.05, 4.69) is 0 Å². The maximum absolute atomic E-state index is 11.2. The van der Waals surface area contributed by atoms with Gasteiger partial charge in [0, 0.05) is 7.11 Å². The molecule has 0 aliphatic carbocycles. The molecule has 1 rings (SSSR count). The number of hydrogen-bond acceptors (Lipinski definition) is 2. The number of benzene rings is 1. The molecule has 0 heterocycles. The Hall–Kier alpha value is -1.35. The summed E-state index contributed by atoms with van der Waals surface area (Å²) < 4.78 is 5.36. The van der Waals surface area contributed by atoms with Crippen LogP contribution in [0.3, 0.4) is 0 Å². The van der Waals surface area contributed by atoms with Crippen molar-refractivity contribution in [2.75, 3.05) is 7.11 Å². The monoisotopic (exact) mass is 222 g/mol. The second kappa shape index (κ2) is 4.66. The summed E-state index contributed by atoms with van der Waals surface area (Å²) in [6, 6.07) is 7.69. The largest absolute Gasteiger partial charge is 0.481 e. The molecule has 3 heteroatoms. The smallest absolute Gasteiger partial charge is 0.312 e. The Balaban J connectivity index is 3.18. The number of carbonyl (C=O) groups is 1. The van der Waals surface area contributed by atoms with Crippen LogP contribution >= 0.6 is 0 Å². The fourth-order valence-corrected chi connectivity index (χ4v) is 1.80. The molecule has 0 spiro atoms. The number of carboxylic acids is 1. The first kappa shape index (κ1) is 12.7. The van der Waals surface area contributed by atoms with E-state index in [9.17, 15) is 9.90 Å². The highest BCUT2D eigenvalue weighted by Crippen LogP contribution is 2.37. The van der Waals surface area contributed by atoms with E-state index in [-0.39, 0.29) is 0 Å². The van der Waals surface area contributed by atoms with Gasteiger partial charge < -0.3 is 9.84 Å². The molecule has 0 bridgehead atoms. The number of aliphatic carboxylic acids is 1. The lowest BCUT2D eigenvalue weighted by Crippen LogP contribution is -2.32. The Labute approximate surface area is 96.1 Å². The standard InChI is InChI=1S/C13H18O3/c1-9-7-5-6-8-10(9)11(16-4)13(2,3)12(14)15/h5-8,11H,1-4H3,(H,14,15). The zero-order valence-electron chi connectivity index (χ0n) is 10.2. The fourth-order valence-electron chi connectivity index (χ4n) is 1.80. The van der Waals surface area contributed by atoms with Gasteiger partial charge >= 0.3 is 5.97 Å². The summed E-state index contributed by atoms with van der Waals surface area (Å²) in [6.07, 6.45) is -0.439. The fraction of sp³-hybridized carbons (Fsp3) is 0.462. The van der Waals surface area contributed by atoms with Gasteiger partial charge in [-0.2, -0.15) is 0 Å². The number of hydrogen-bond donors (Lipinski definition) is 1. The first-order valence-corrected chi connectivity index (χ1v) is 5.23. The van der Waals surface area contributed by atoms with Gasteiger partial charge in [0.05, 0.1) is 11.5 Å². The maximum atomic E-state index is 11.2. The molecule has 0 aliphatic heterocycles. The van der Waals surface area contributed by atoms with E-state index in [0.29, 0.717) is 0 Å². The second-order valence-electron chi connectivity index (χ2n) is 4.50. The lowest BCUT2D eigenvalue weighted by molar-refractivity contribution is -0.155. The molecule has 16 heavy (non-hydrogen) atoms. The average molecular weight is 222 g/mol. The summed E-state index contributed by atoms with van der Waals surface area (Å²) in [7, 11) is 1.54. The Morgan fingerprint density at radius 2 is 1.94 bits per heavy atom. The van der Waals surface area contributed by atoms with Gasteiger partial charge in [0.1, 0.15) is 0 Å². The summed E-state index contributed by atoms with van der Waals surface area (Å²) in [4.78, 5) is 11.2. The molecular formula is C13H18O3. The van der Waals surface area contributed by atoms with Crippen molar-refractivity contribution < 1.29 is 14.6 Å². The van der Waals surface area contributed by atoms with Gasteiger partial charge in [0.25, 0.3) is 0 Å². The van der Waals surface area contributed by atoms with Gasteiger partial charge in [-0.15, -0.1) is 0 Å². The third kappa shape index (κ3) is 2.25. The predicted molar refractivity (Wildman–Crippen MR) is 62.3 cm³/mol. The van der Waals surface area contributed by atoms with E-state index in [1.165, 1.54) is 0 Å². The van der Waals surface area contributed by atoms with Crippen LogP contribution in [0.1, 0.15) is 31.1 Å². The van der Waals surface area contributed by atoms with Crippen molar-refractivity contribution in [1.29, 1.82) is 0 Å². The summed E-state index contributed by atoms with van der Waals surface area (Å²) in [5.41, 5.74) is 1.03. The predicted octanol–water partition coefficient (Wildman–Crippen LogP) is 2.79. The Bertz CT molecular complexity index is 383. The first-order valence-electron chi connectivity index (χ1n) is 5.23. The molecular weight excluding hydrogens is 204 g/mol. The second-order valence-corrected chi connectivity index (χ2v) is 4.50. The molecule has 0 saturated carbocycles. The van der Waals surface area contributed by atoms with Crippen LogP contribution in [0.25, 0.3) is 0 Å². The SMILES string of the molecule is COC(c1ccccc1C)C(C)(C)C(=O)O. The van der Waals surface area contributed by atoms with Crippen LogP contribution < -0.4 is 0 Å². The van der Waals surface area contributed by atoms with Crippen LogP contribution in [0.15, 0.2) is 24.3 Å². The lowest BCUT2D eigenvalue weighted by atomic mass is 9.81. The zero-order chi connectivity index (χ0) is 12.3. The summed E-state index contributed by atoms with van der Waals surface area (Å²) in [6.45, 7) is 5.31. The van der Waals surface area contributed by atoms with Crippen molar-refractivity contribution in [1.82, 2.24) is 0 Å². The highest BCUT2D eigenvalue weighted by atomic mass is 16.5. The van der Waals surface area contributed by atoms with Gasteiger partial charge in [-0.3, -0.25) is 4.79 Å². The van der Waals surface area contributed by atoms with Crippen molar-refractivity contribution in [2.45, 2.75) is 26.9 Å². The van der Waals surface area contributed by atoms with Crippen LogP contribution in [-0.4, -0.2) is 18.2 Å². The normalized spacial score (nSPS) is 13.5. The van der Waals surface area contributed by atoms with Crippen molar-refractivity contribution in [3.05, 3.63) is 35.4 Å². The van der Waals surface area contributed by atoms with Crippen molar-refractivity contribution >= 4 is 5.97 Å². The number of carboxylic acid groups (broad SMARTS) is 1. The lowest BCUT2D eigenvalue weighted by Gasteiger charge is -2.30. The minimum Gasteiger partial charge on any atom is -0.481 e. The molecule has 1 atom stereocenters. The van der Waals surface area contributed by atoms with E-state index in [1.54, 1.807) is 21.0 Å². The summed E-state index contributed by atoms with van der Waals surface area (Å²) in [5, 5.41) is 9.21. The third-order valence-corrected chi connectivity index (χ3v) is 2.91. The molecule has 1 unspecified atom stereocenters. The van der Waals surface area contributed by atoms with Gasteiger partial charge in [-0.05, 0) is 31.9 Å². The molecule has 88 valence electrons. The minimum absolute atomic E-state index is 0.439. The van der Waals surface area contributed by atoms with Gasteiger partial charge in [0.15, 0.2) is 0 Å². The molecule has 0 aromatic heterocycles. The molecule has 0 fully saturated rings. The highest BCUT2D eigenvalue weighted by Gasteiger charge is 2.38. The van der Waals surface area contributed by atoms with Gasteiger partial charge in [-0.25, -0.2) is 0 Å². The summed E-state index contributed by atoms with van der Waals surface area (Å²) in [5.74, 6) is -0.859.